The number of nitrogens with zero attached hydrogens (tertiary/aromatic N) is 1. The first kappa shape index (κ1) is 16.0. The summed E-state index contributed by atoms with van der Waals surface area (Å²) in [5, 5.41) is 3.79. The van der Waals surface area contributed by atoms with Gasteiger partial charge in [-0.3, -0.25) is 0 Å². The first-order chi connectivity index (χ1) is 8.62. The first-order valence-corrected chi connectivity index (χ1v) is 8.09. The molecule has 0 amide bonds. The standard InChI is InChI=1S/C16H34N2/c1-5-16(6-2)14-18(13-9-11-17-16)12-8-7-10-15(3)4/h15,17H,5-14H2,1-4H3. The molecule has 1 heterocycles. The first-order valence-electron chi connectivity index (χ1n) is 8.09. The van der Waals surface area contributed by atoms with Gasteiger partial charge in [-0.1, -0.05) is 40.5 Å². The van der Waals surface area contributed by atoms with Crippen molar-refractivity contribution in [2.45, 2.75) is 71.8 Å². The van der Waals surface area contributed by atoms with Crippen molar-refractivity contribution in [1.82, 2.24) is 10.2 Å². The van der Waals surface area contributed by atoms with E-state index in [2.05, 4.69) is 37.9 Å². The third kappa shape index (κ3) is 5.27. The Bertz CT molecular complexity index is 209. The molecular weight excluding hydrogens is 220 g/mol. The Morgan fingerprint density at radius 3 is 2.50 bits per heavy atom. The Labute approximate surface area is 115 Å². The van der Waals surface area contributed by atoms with Gasteiger partial charge in [-0.15, -0.1) is 0 Å². The van der Waals surface area contributed by atoms with Gasteiger partial charge in [-0.25, -0.2) is 0 Å². The zero-order valence-corrected chi connectivity index (χ0v) is 13.1. The number of hydrogen-bond acceptors (Lipinski definition) is 2. The van der Waals surface area contributed by atoms with Gasteiger partial charge in [0.1, 0.15) is 0 Å². The largest absolute Gasteiger partial charge is 0.310 e. The molecule has 1 fully saturated rings. The third-order valence-corrected chi connectivity index (χ3v) is 4.54. The molecule has 18 heavy (non-hydrogen) atoms. The van der Waals surface area contributed by atoms with Crippen molar-refractivity contribution in [1.29, 1.82) is 0 Å². The van der Waals surface area contributed by atoms with E-state index in [1.54, 1.807) is 0 Å². The van der Waals surface area contributed by atoms with Gasteiger partial charge < -0.3 is 10.2 Å². The number of hydrogen-bond donors (Lipinski definition) is 1. The van der Waals surface area contributed by atoms with Crippen LogP contribution in [0.15, 0.2) is 0 Å². The van der Waals surface area contributed by atoms with Crippen molar-refractivity contribution >= 4 is 0 Å². The summed E-state index contributed by atoms with van der Waals surface area (Å²) < 4.78 is 0. The van der Waals surface area contributed by atoms with Gasteiger partial charge in [-0.2, -0.15) is 0 Å². The van der Waals surface area contributed by atoms with E-state index in [0.717, 1.165) is 5.92 Å². The summed E-state index contributed by atoms with van der Waals surface area (Å²) in [4.78, 5) is 2.70. The highest BCUT2D eigenvalue weighted by molar-refractivity contribution is 4.91. The Balaban J connectivity index is 2.35. The molecule has 1 rings (SSSR count). The average molecular weight is 254 g/mol. The van der Waals surface area contributed by atoms with Gasteiger partial charge in [-0.05, 0) is 51.2 Å². The second-order valence-electron chi connectivity index (χ2n) is 6.43. The van der Waals surface area contributed by atoms with Crippen LogP contribution < -0.4 is 5.32 Å². The lowest BCUT2D eigenvalue weighted by Gasteiger charge is -2.35. The van der Waals surface area contributed by atoms with Crippen LogP contribution in [-0.2, 0) is 0 Å². The van der Waals surface area contributed by atoms with E-state index in [1.807, 2.05) is 0 Å². The smallest absolute Gasteiger partial charge is 0.0303 e. The highest BCUT2D eigenvalue weighted by atomic mass is 15.2. The molecule has 0 spiro atoms. The second-order valence-corrected chi connectivity index (χ2v) is 6.43. The summed E-state index contributed by atoms with van der Waals surface area (Å²) >= 11 is 0. The molecule has 0 aliphatic carbocycles. The lowest BCUT2D eigenvalue weighted by molar-refractivity contribution is 0.193. The van der Waals surface area contributed by atoms with Crippen LogP contribution in [-0.4, -0.2) is 36.6 Å². The molecule has 2 nitrogen and oxygen atoms in total. The van der Waals surface area contributed by atoms with Crippen LogP contribution in [0.2, 0.25) is 0 Å². The molecule has 2 heteroatoms. The molecule has 1 aliphatic heterocycles. The normalized spacial score (nSPS) is 21.2. The van der Waals surface area contributed by atoms with Crippen molar-refractivity contribution in [2.24, 2.45) is 5.92 Å². The summed E-state index contributed by atoms with van der Waals surface area (Å²) in [6, 6.07) is 0. The van der Waals surface area contributed by atoms with E-state index >= 15 is 0 Å². The summed E-state index contributed by atoms with van der Waals surface area (Å²) in [7, 11) is 0. The van der Waals surface area contributed by atoms with Crippen LogP contribution in [0.5, 0.6) is 0 Å². The number of unbranched alkanes of at least 4 members (excludes halogenated alkanes) is 1. The minimum Gasteiger partial charge on any atom is -0.310 e. The summed E-state index contributed by atoms with van der Waals surface area (Å²) in [5.41, 5.74) is 0.383. The van der Waals surface area contributed by atoms with E-state index in [0.29, 0.717) is 5.54 Å². The van der Waals surface area contributed by atoms with Gasteiger partial charge in [0.25, 0.3) is 0 Å². The maximum atomic E-state index is 3.79. The quantitative estimate of drug-likeness (QED) is 0.697. The van der Waals surface area contributed by atoms with Crippen molar-refractivity contribution in [2.75, 3.05) is 26.2 Å². The minimum atomic E-state index is 0.383. The van der Waals surface area contributed by atoms with Crippen LogP contribution in [0, 0.1) is 5.92 Å². The Hall–Kier alpha value is -0.0800. The van der Waals surface area contributed by atoms with Crippen LogP contribution in [0.25, 0.3) is 0 Å². The fraction of sp³-hybridized carbons (Fsp3) is 1.00. The van der Waals surface area contributed by atoms with Crippen molar-refractivity contribution in [3.05, 3.63) is 0 Å². The van der Waals surface area contributed by atoms with Crippen LogP contribution in [0.4, 0.5) is 0 Å². The van der Waals surface area contributed by atoms with E-state index < -0.39 is 0 Å². The van der Waals surface area contributed by atoms with E-state index in [9.17, 15) is 0 Å². The van der Waals surface area contributed by atoms with Crippen LogP contribution in [0.1, 0.15) is 66.2 Å². The third-order valence-electron chi connectivity index (χ3n) is 4.54. The van der Waals surface area contributed by atoms with Gasteiger partial charge in [0.05, 0.1) is 0 Å². The fourth-order valence-corrected chi connectivity index (χ4v) is 3.02. The average Bonchev–Trinajstić information content (AvgIpc) is 2.57. The predicted molar refractivity (Wildman–Crippen MR) is 81.1 cm³/mol. The molecular formula is C16H34N2. The topological polar surface area (TPSA) is 15.3 Å². The number of rotatable bonds is 7. The van der Waals surface area contributed by atoms with E-state index in [1.165, 1.54) is 64.7 Å². The lowest BCUT2D eigenvalue weighted by Crippen LogP contribution is -2.50. The molecule has 0 radical (unpaired) electrons. The lowest BCUT2D eigenvalue weighted by atomic mass is 9.92. The van der Waals surface area contributed by atoms with Crippen LogP contribution >= 0.6 is 0 Å². The zero-order valence-electron chi connectivity index (χ0n) is 13.1. The SMILES string of the molecule is CCC1(CC)CN(CCCCC(C)C)CCCN1. The zero-order chi connectivity index (χ0) is 13.4. The van der Waals surface area contributed by atoms with Crippen LogP contribution in [0.3, 0.4) is 0 Å². The number of nitrogens with one attached hydrogen (secondary N) is 1. The molecule has 1 N–H and O–H groups in total. The summed E-state index contributed by atoms with van der Waals surface area (Å²) in [5.74, 6) is 0.862. The molecule has 108 valence electrons. The molecule has 1 aliphatic rings. The summed E-state index contributed by atoms with van der Waals surface area (Å²) in [6.07, 6.45) is 7.98. The predicted octanol–water partition coefficient (Wildman–Crippen LogP) is 3.67. The van der Waals surface area contributed by atoms with Crippen molar-refractivity contribution in [3.8, 4) is 0 Å². The Morgan fingerprint density at radius 2 is 1.89 bits per heavy atom. The maximum absolute atomic E-state index is 3.79. The monoisotopic (exact) mass is 254 g/mol. The fourth-order valence-electron chi connectivity index (χ4n) is 3.02. The molecule has 0 unspecified atom stereocenters. The Kier molecular flexibility index (Phi) is 7.25. The highest BCUT2D eigenvalue weighted by Gasteiger charge is 2.29. The van der Waals surface area contributed by atoms with Gasteiger partial charge in [0, 0.05) is 12.1 Å². The molecule has 0 saturated carbocycles. The molecule has 0 atom stereocenters. The maximum Gasteiger partial charge on any atom is 0.0303 e. The molecule has 1 saturated heterocycles. The highest BCUT2D eigenvalue weighted by Crippen LogP contribution is 2.20. The Morgan fingerprint density at radius 1 is 1.17 bits per heavy atom. The summed E-state index contributed by atoms with van der Waals surface area (Å²) in [6.45, 7) is 14.4. The molecule has 0 aromatic rings. The minimum absolute atomic E-state index is 0.383. The molecule has 0 aromatic heterocycles. The van der Waals surface area contributed by atoms with E-state index in [-0.39, 0.29) is 0 Å². The van der Waals surface area contributed by atoms with Crippen molar-refractivity contribution in [3.63, 3.8) is 0 Å². The van der Waals surface area contributed by atoms with Gasteiger partial charge in [0.2, 0.25) is 0 Å². The second kappa shape index (κ2) is 8.16. The van der Waals surface area contributed by atoms with Gasteiger partial charge >= 0.3 is 0 Å². The molecule has 0 bridgehead atoms. The molecule has 0 aromatic carbocycles. The van der Waals surface area contributed by atoms with Crippen molar-refractivity contribution < 1.29 is 0 Å². The van der Waals surface area contributed by atoms with Gasteiger partial charge in [0.15, 0.2) is 0 Å². The van der Waals surface area contributed by atoms with E-state index in [4.69, 9.17) is 0 Å².